The van der Waals surface area contributed by atoms with Crippen LogP contribution < -0.4 is 4.90 Å². The van der Waals surface area contributed by atoms with Crippen LogP contribution in [0.5, 0.6) is 0 Å². The van der Waals surface area contributed by atoms with Crippen molar-refractivity contribution in [2.24, 2.45) is 0 Å². The van der Waals surface area contributed by atoms with Gasteiger partial charge in [0.25, 0.3) is 0 Å². The molecular formula is C67H45NO. The van der Waals surface area contributed by atoms with Crippen LogP contribution in [0.4, 0.5) is 17.1 Å². The summed E-state index contributed by atoms with van der Waals surface area (Å²) in [6, 6.07) is 99.0. The maximum atomic E-state index is 6.47. The van der Waals surface area contributed by atoms with Gasteiger partial charge < -0.3 is 9.32 Å². The molecule has 69 heavy (non-hydrogen) atoms. The minimum atomic E-state index is -0.459. The van der Waals surface area contributed by atoms with E-state index in [9.17, 15) is 0 Å². The third-order valence-corrected chi connectivity index (χ3v) is 14.2. The van der Waals surface area contributed by atoms with E-state index in [1.807, 2.05) is 12.1 Å². The first-order chi connectivity index (χ1) is 34.2. The molecule has 2 nitrogen and oxygen atoms in total. The first-order valence-electron chi connectivity index (χ1n) is 23.7. The quantitative estimate of drug-likeness (QED) is 0.144. The zero-order valence-corrected chi connectivity index (χ0v) is 37.8. The Bertz CT molecular complexity index is 3740. The monoisotopic (exact) mass is 879 g/mol. The van der Waals surface area contributed by atoms with Crippen molar-refractivity contribution in [2.75, 3.05) is 4.90 Å². The highest BCUT2D eigenvalue weighted by Crippen LogP contribution is 2.58. The summed E-state index contributed by atoms with van der Waals surface area (Å²) in [6.07, 6.45) is 0. The number of hydrogen-bond donors (Lipinski definition) is 0. The summed E-state index contributed by atoms with van der Waals surface area (Å²) in [7, 11) is 0. The predicted octanol–water partition coefficient (Wildman–Crippen LogP) is 18.1. The SMILES string of the molecule is c1ccc(-c2ccc(-c3ccc(N(c4ccc(-c5cccc6c5-c5ccccc5C6(c5ccccc5)c5ccccc5)cc4)c4ccc(-c5cccc6c5oc5ccccc56)cc4)cc3)cc2)cc1. The molecule has 0 N–H and O–H groups in total. The Labute approximate surface area is 402 Å². The van der Waals surface area contributed by atoms with Crippen molar-refractivity contribution in [1.29, 1.82) is 0 Å². The van der Waals surface area contributed by atoms with Crippen LogP contribution in [0.2, 0.25) is 0 Å². The van der Waals surface area contributed by atoms with Crippen LogP contribution in [-0.2, 0) is 5.41 Å². The highest BCUT2D eigenvalue weighted by molar-refractivity contribution is 6.09. The standard InChI is InChI=1S/C67H45NO/c1-4-16-46(17-5-1)47-30-32-48(33-31-47)49-34-40-54(41-35-49)68(56-44-38-51(39-45-56)58-25-14-26-60-59-22-11-13-29-64(59)69-66(58)60)55-42-36-50(37-43-55)57-24-15-28-63-65(57)61-23-10-12-27-62(61)67(63,52-18-6-2-7-19-52)53-20-8-3-9-21-53/h1-45H. The summed E-state index contributed by atoms with van der Waals surface area (Å²) in [6.45, 7) is 0. The summed E-state index contributed by atoms with van der Waals surface area (Å²) in [4.78, 5) is 2.36. The van der Waals surface area contributed by atoms with Gasteiger partial charge in [0.15, 0.2) is 0 Å². The summed E-state index contributed by atoms with van der Waals surface area (Å²) in [5.41, 5.74) is 21.6. The van der Waals surface area contributed by atoms with E-state index in [4.69, 9.17) is 4.42 Å². The molecule has 324 valence electrons. The Hall–Kier alpha value is -8.98. The first kappa shape index (κ1) is 40.3. The van der Waals surface area contributed by atoms with Gasteiger partial charge in [-0.2, -0.15) is 0 Å². The van der Waals surface area contributed by atoms with Gasteiger partial charge in [-0.05, 0) is 115 Å². The lowest BCUT2D eigenvalue weighted by Crippen LogP contribution is -2.28. The summed E-state index contributed by atoms with van der Waals surface area (Å²) in [5, 5.41) is 2.26. The molecule has 0 saturated carbocycles. The van der Waals surface area contributed by atoms with E-state index in [0.29, 0.717) is 0 Å². The predicted molar refractivity (Wildman–Crippen MR) is 287 cm³/mol. The second kappa shape index (κ2) is 16.7. The Morgan fingerprint density at radius 3 is 1.29 bits per heavy atom. The fourth-order valence-electron chi connectivity index (χ4n) is 11.0. The highest BCUT2D eigenvalue weighted by atomic mass is 16.3. The van der Waals surface area contributed by atoms with Crippen LogP contribution in [0.15, 0.2) is 277 Å². The van der Waals surface area contributed by atoms with Gasteiger partial charge in [-0.3, -0.25) is 0 Å². The highest BCUT2D eigenvalue weighted by Gasteiger charge is 2.46. The molecule has 1 aromatic heterocycles. The summed E-state index contributed by atoms with van der Waals surface area (Å²) in [5.74, 6) is 0. The molecule has 0 fully saturated rings. The molecule has 0 saturated heterocycles. The van der Waals surface area contributed by atoms with Gasteiger partial charge in [0.05, 0.1) is 5.41 Å². The van der Waals surface area contributed by atoms with Gasteiger partial charge in [-0.15, -0.1) is 0 Å². The number of benzene rings is 11. The van der Waals surface area contributed by atoms with Crippen molar-refractivity contribution in [1.82, 2.24) is 0 Å². The van der Waals surface area contributed by atoms with Gasteiger partial charge in [0, 0.05) is 33.4 Å². The average Bonchev–Trinajstić information content (AvgIpc) is 3.97. The van der Waals surface area contributed by atoms with Crippen molar-refractivity contribution >= 4 is 39.0 Å². The fraction of sp³-hybridized carbons (Fsp3) is 0.0149. The zero-order chi connectivity index (χ0) is 45.7. The number of hydrogen-bond acceptors (Lipinski definition) is 2. The molecule has 13 rings (SSSR count). The minimum absolute atomic E-state index is 0.459. The molecule has 0 bridgehead atoms. The van der Waals surface area contributed by atoms with Crippen LogP contribution in [0.1, 0.15) is 22.3 Å². The van der Waals surface area contributed by atoms with E-state index in [-0.39, 0.29) is 0 Å². The molecule has 0 aliphatic heterocycles. The first-order valence-corrected chi connectivity index (χ1v) is 23.7. The molecule has 1 aliphatic carbocycles. The molecule has 2 heteroatoms. The van der Waals surface area contributed by atoms with E-state index in [1.54, 1.807) is 0 Å². The molecule has 0 amide bonds. The smallest absolute Gasteiger partial charge is 0.143 e. The maximum absolute atomic E-state index is 6.47. The van der Waals surface area contributed by atoms with Gasteiger partial charge in [0.2, 0.25) is 0 Å². The second-order valence-corrected chi connectivity index (χ2v) is 18.0. The van der Waals surface area contributed by atoms with E-state index < -0.39 is 5.41 Å². The molecule has 1 heterocycles. The number of rotatable bonds is 9. The van der Waals surface area contributed by atoms with E-state index >= 15 is 0 Å². The Morgan fingerprint density at radius 1 is 0.275 bits per heavy atom. The van der Waals surface area contributed by atoms with Crippen molar-refractivity contribution in [3.8, 4) is 55.6 Å². The molecule has 11 aromatic carbocycles. The topological polar surface area (TPSA) is 16.4 Å². The van der Waals surface area contributed by atoms with Crippen LogP contribution >= 0.6 is 0 Å². The van der Waals surface area contributed by atoms with Gasteiger partial charge in [-0.25, -0.2) is 0 Å². The van der Waals surface area contributed by atoms with Crippen molar-refractivity contribution < 1.29 is 4.42 Å². The molecule has 1 aliphatic rings. The van der Waals surface area contributed by atoms with E-state index in [1.165, 1.54) is 66.8 Å². The largest absolute Gasteiger partial charge is 0.455 e. The van der Waals surface area contributed by atoms with Gasteiger partial charge >= 0.3 is 0 Å². The summed E-state index contributed by atoms with van der Waals surface area (Å²) >= 11 is 0. The normalized spacial score (nSPS) is 12.5. The number of nitrogens with zero attached hydrogens (tertiary/aromatic N) is 1. The Kier molecular flexibility index (Phi) is 9.77. The molecule has 0 radical (unpaired) electrons. The fourth-order valence-corrected chi connectivity index (χ4v) is 11.0. The number of furan rings is 1. The molecule has 0 spiro atoms. The van der Waals surface area contributed by atoms with Crippen molar-refractivity contribution in [3.63, 3.8) is 0 Å². The number of fused-ring (bicyclic) bond motifs is 6. The van der Waals surface area contributed by atoms with Crippen LogP contribution in [0.3, 0.4) is 0 Å². The van der Waals surface area contributed by atoms with Crippen LogP contribution in [-0.4, -0.2) is 0 Å². The second-order valence-electron chi connectivity index (χ2n) is 18.0. The lowest BCUT2D eigenvalue weighted by atomic mass is 9.67. The molecule has 0 atom stereocenters. The van der Waals surface area contributed by atoms with Gasteiger partial charge in [-0.1, -0.05) is 231 Å². The molecule has 0 unspecified atom stereocenters. The van der Waals surface area contributed by atoms with Gasteiger partial charge in [0.1, 0.15) is 11.2 Å². The van der Waals surface area contributed by atoms with Crippen molar-refractivity contribution in [3.05, 3.63) is 295 Å². The Balaban J connectivity index is 0.907. The third-order valence-electron chi connectivity index (χ3n) is 14.2. The van der Waals surface area contributed by atoms with Crippen molar-refractivity contribution in [2.45, 2.75) is 5.41 Å². The number of anilines is 3. The third kappa shape index (κ3) is 6.72. The Morgan fingerprint density at radius 2 is 0.681 bits per heavy atom. The average molecular weight is 880 g/mol. The van der Waals surface area contributed by atoms with E-state index in [2.05, 4.69) is 266 Å². The maximum Gasteiger partial charge on any atom is 0.143 e. The lowest BCUT2D eigenvalue weighted by molar-refractivity contribution is 0.670. The lowest BCUT2D eigenvalue weighted by Gasteiger charge is -2.34. The van der Waals surface area contributed by atoms with Crippen LogP contribution in [0.25, 0.3) is 77.6 Å². The molecule has 12 aromatic rings. The summed E-state index contributed by atoms with van der Waals surface area (Å²) < 4.78 is 6.47. The van der Waals surface area contributed by atoms with Crippen LogP contribution in [0, 0.1) is 0 Å². The van der Waals surface area contributed by atoms with E-state index in [0.717, 1.165) is 50.1 Å². The number of para-hydroxylation sites is 2. The minimum Gasteiger partial charge on any atom is -0.455 e. The zero-order valence-electron chi connectivity index (χ0n) is 37.8. The molecular weight excluding hydrogens is 835 g/mol.